The monoisotopic (exact) mass is 378 g/mol. The lowest BCUT2D eigenvalue weighted by atomic mass is 10.1. The summed E-state index contributed by atoms with van der Waals surface area (Å²) in [4.78, 5) is 8.79. The minimum absolute atomic E-state index is 0.129. The van der Waals surface area contributed by atoms with E-state index >= 15 is 0 Å². The van der Waals surface area contributed by atoms with Crippen LogP contribution in [0.15, 0.2) is 41.4 Å². The Morgan fingerprint density at radius 2 is 2.04 bits per heavy atom. The van der Waals surface area contributed by atoms with E-state index in [-0.39, 0.29) is 12.3 Å². The predicted octanol–water partition coefficient (Wildman–Crippen LogP) is 3.26. The molecule has 0 amide bonds. The van der Waals surface area contributed by atoms with Crippen LogP contribution in [0, 0.1) is 6.92 Å². The second-order valence-corrected chi connectivity index (χ2v) is 5.71. The van der Waals surface area contributed by atoms with Crippen molar-refractivity contribution in [2.75, 3.05) is 13.7 Å². The van der Waals surface area contributed by atoms with Gasteiger partial charge in [0.1, 0.15) is 5.75 Å². The number of aromatic nitrogens is 1. The molecule has 146 valence electrons. The smallest absolute Gasteiger partial charge is 0.387 e. The molecule has 0 atom stereocenters. The number of hydrogen-bond donors (Lipinski definition) is 2. The maximum atomic E-state index is 12.6. The van der Waals surface area contributed by atoms with Crippen molar-refractivity contribution >= 4 is 5.96 Å². The number of ether oxygens (including phenoxy) is 2. The normalized spacial score (nSPS) is 11.4. The Labute approximate surface area is 157 Å². The van der Waals surface area contributed by atoms with Crippen molar-refractivity contribution in [1.82, 2.24) is 15.6 Å². The fraction of sp³-hybridized carbons (Fsp3) is 0.368. The quantitative estimate of drug-likeness (QED) is 0.545. The molecule has 0 unspecified atom stereocenters. The average molecular weight is 378 g/mol. The molecule has 1 aromatic carbocycles. The molecular weight excluding hydrogens is 354 g/mol. The van der Waals surface area contributed by atoms with Crippen LogP contribution in [0.25, 0.3) is 0 Å². The van der Waals surface area contributed by atoms with Gasteiger partial charge in [0.15, 0.2) is 5.96 Å². The van der Waals surface area contributed by atoms with E-state index in [4.69, 9.17) is 4.74 Å². The van der Waals surface area contributed by atoms with Crippen LogP contribution < -0.4 is 20.1 Å². The average Bonchev–Trinajstić information content (AvgIpc) is 2.65. The molecule has 0 fully saturated rings. The summed E-state index contributed by atoms with van der Waals surface area (Å²) in [5.41, 5.74) is 2.32. The number of alkyl halides is 2. The van der Waals surface area contributed by atoms with E-state index in [1.165, 1.54) is 6.07 Å². The van der Waals surface area contributed by atoms with Crippen molar-refractivity contribution in [2.24, 2.45) is 4.99 Å². The Balaban J connectivity index is 2.09. The number of halogens is 2. The van der Waals surface area contributed by atoms with Gasteiger partial charge in [0, 0.05) is 18.2 Å². The Morgan fingerprint density at radius 1 is 1.22 bits per heavy atom. The summed E-state index contributed by atoms with van der Waals surface area (Å²) in [6, 6.07) is 10.5. The molecule has 0 saturated carbocycles. The van der Waals surface area contributed by atoms with E-state index in [1.807, 2.05) is 26.0 Å². The van der Waals surface area contributed by atoms with Gasteiger partial charge in [0.25, 0.3) is 0 Å². The third kappa shape index (κ3) is 6.73. The zero-order valence-electron chi connectivity index (χ0n) is 15.6. The Hall–Kier alpha value is -2.90. The van der Waals surface area contributed by atoms with Crippen LogP contribution in [0.2, 0.25) is 0 Å². The van der Waals surface area contributed by atoms with Gasteiger partial charge < -0.3 is 20.1 Å². The molecule has 0 saturated heterocycles. The second-order valence-electron chi connectivity index (χ2n) is 5.71. The fourth-order valence-electron chi connectivity index (χ4n) is 2.39. The SMILES string of the molecule is CCNC(=NCc1cc(C)ccc1OC(F)F)NCc1cccc(OC)n1. The van der Waals surface area contributed by atoms with Crippen LogP contribution in [-0.4, -0.2) is 31.2 Å². The number of aliphatic imine (C=N–C) groups is 1. The van der Waals surface area contributed by atoms with Gasteiger partial charge in [0.05, 0.1) is 25.9 Å². The van der Waals surface area contributed by atoms with Crippen molar-refractivity contribution in [3.63, 3.8) is 0 Å². The number of hydrogen-bond acceptors (Lipinski definition) is 4. The molecule has 0 aliphatic rings. The molecular formula is C19H24F2N4O2. The van der Waals surface area contributed by atoms with Crippen LogP contribution >= 0.6 is 0 Å². The summed E-state index contributed by atoms with van der Waals surface area (Å²) in [5.74, 6) is 1.21. The first-order valence-corrected chi connectivity index (χ1v) is 8.58. The molecule has 8 heteroatoms. The van der Waals surface area contributed by atoms with Gasteiger partial charge in [-0.15, -0.1) is 0 Å². The number of guanidine groups is 1. The molecule has 1 heterocycles. The van der Waals surface area contributed by atoms with E-state index in [2.05, 4.69) is 25.3 Å². The van der Waals surface area contributed by atoms with Gasteiger partial charge in [0.2, 0.25) is 5.88 Å². The van der Waals surface area contributed by atoms with Gasteiger partial charge in [-0.3, -0.25) is 0 Å². The van der Waals surface area contributed by atoms with Gasteiger partial charge >= 0.3 is 6.61 Å². The number of rotatable bonds is 8. The number of aryl methyl sites for hydroxylation is 1. The molecule has 0 spiro atoms. The highest BCUT2D eigenvalue weighted by molar-refractivity contribution is 5.79. The third-order valence-corrected chi connectivity index (χ3v) is 3.61. The molecule has 2 aromatic rings. The first-order chi connectivity index (χ1) is 13.0. The standard InChI is InChI=1S/C19H24F2N4O2/c1-4-22-19(24-12-15-6-5-7-17(25-15)26-3)23-11-14-10-13(2)8-9-16(14)27-18(20)21/h5-10,18H,4,11-12H2,1-3H3,(H2,22,23,24). The lowest BCUT2D eigenvalue weighted by Crippen LogP contribution is -2.37. The lowest BCUT2D eigenvalue weighted by molar-refractivity contribution is -0.0504. The van der Waals surface area contributed by atoms with Crippen molar-refractivity contribution in [3.8, 4) is 11.6 Å². The molecule has 0 aliphatic heterocycles. The number of benzene rings is 1. The molecule has 6 nitrogen and oxygen atoms in total. The summed E-state index contributed by atoms with van der Waals surface area (Å²) >= 11 is 0. The number of nitrogens with zero attached hydrogens (tertiary/aromatic N) is 2. The van der Waals surface area contributed by atoms with Crippen molar-refractivity contribution in [3.05, 3.63) is 53.2 Å². The molecule has 0 radical (unpaired) electrons. The van der Waals surface area contributed by atoms with Crippen molar-refractivity contribution in [2.45, 2.75) is 33.5 Å². The summed E-state index contributed by atoms with van der Waals surface area (Å²) in [5, 5.41) is 6.28. The van der Waals surface area contributed by atoms with Gasteiger partial charge in [-0.2, -0.15) is 8.78 Å². The molecule has 0 aliphatic carbocycles. The molecule has 27 heavy (non-hydrogen) atoms. The van der Waals surface area contributed by atoms with Gasteiger partial charge in [-0.25, -0.2) is 9.98 Å². The molecule has 1 aromatic heterocycles. The van der Waals surface area contributed by atoms with Crippen LogP contribution in [0.5, 0.6) is 11.6 Å². The Morgan fingerprint density at radius 3 is 2.74 bits per heavy atom. The third-order valence-electron chi connectivity index (χ3n) is 3.61. The van der Waals surface area contributed by atoms with Crippen LogP contribution in [0.3, 0.4) is 0 Å². The highest BCUT2D eigenvalue weighted by Gasteiger charge is 2.10. The van der Waals surface area contributed by atoms with E-state index in [9.17, 15) is 8.78 Å². The Bertz CT molecular complexity index is 769. The van der Waals surface area contributed by atoms with Crippen LogP contribution in [-0.2, 0) is 13.1 Å². The lowest BCUT2D eigenvalue weighted by Gasteiger charge is -2.13. The van der Waals surface area contributed by atoms with Crippen LogP contribution in [0.4, 0.5) is 8.78 Å². The molecule has 2 N–H and O–H groups in total. The van der Waals surface area contributed by atoms with Crippen LogP contribution in [0.1, 0.15) is 23.7 Å². The first kappa shape index (κ1) is 20.4. The van der Waals surface area contributed by atoms with Crippen molar-refractivity contribution < 1.29 is 18.3 Å². The zero-order chi connectivity index (χ0) is 19.6. The topological polar surface area (TPSA) is 67.8 Å². The second kappa shape index (κ2) is 10.3. The van der Waals surface area contributed by atoms with Gasteiger partial charge in [-0.1, -0.05) is 23.8 Å². The maximum Gasteiger partial charge on any atom is 0.387 e. The maximum absolute atomic E-state index is 12.6. The van der Waals surface area contributed by atoms with Crippen molar-refractivity contribution in [1.29, 1.82) is 0 Å². The minimum atomic E-state index is -2.87. The highest BCUT2D eigenvalue weighted by Crippen LogP contribution is 2.22. The number of nitrogens with one attached hydrogen (secondary N) is 2. The van der Waals surface area contributed by atoms with E-state index in [0.717, 1.165) is 11.3 Å². The largest absolute Gasteiger partial charge is 0.481 e. The van der Waals surface area contributed by atoms with E-state index < -0.39 is 6.61 Å². The summed E-state index contributed by atoms with van der Waals surface area (Å²) in [6.45, 7) is 2.25. The van der Waals surface area contributed by atoms with Gasteiger partial charge in [-0.05, 0) is 26.0 Å². The highest BCUT2D eigenvalue weighted by atomic mass is 19.3. The minimum Gasteiger partial charge on any atom is -0.481 e. The van der Waals surface area contributed by atoms with E-state index in [0.29, 0.717) is 30.5 Å². The molecule has 2 rings (SSSR count). The molecule has 0 bridgehead atoms. The number of pyridine rings is 1. The summed E-state index contributed by atoms with van der Waals surface area (Å²) in [7, 11) is 1.56. The first-order valence-electron chi connectivity index (χ1n) is 8.58. The Kier molecular flexibility index (Phi) is 7.79. The fourth-order valence-corrected chi connectivity index (χ4v) is 2.39. The predicted molar refractivity (Wildman–Crippen MR) is 100 cm³/mol. The zero-order valence-corrected chi connectivity index (χ0v) is 15.6. The number of methoxy groups -OCH3 is 1. The summed E-state index contributed by atoms with van der Waals surface area (Å²) < 4.78 is 34.9. The summed E-state index contributed by atoms with van der Waals surface area (Å²) in [6.07, 6.45) is 0. The van der Waals surface area contributed by atoms with E-state index in [1.54, 1.807) is 25.3 Å².